The van der Waals surface area contributed by atoms with Gasteiger partial charge in [0.1, 0.15) is 0 Å². The smallest absolute Gasteiger partial charge is 0.0763 e. The average Bonchev–Trinajstić information content (AvgIpc) is 2.35. The second-order valence-electron chi connectivity index (χ2n) is 5.81. The summed E-state index contributed by atoms with van der Waals surface area (Å²) in [6.45, 7) is 8.67. The number of rotatable bonds is 1. The van der Waals surface area contributed by atoms with E-state index in [2.05, 4.69) is 30.7 Å². The third-order valence-electron chi connectivity index (χ3n) is 4.08. The van der Waals surface area contributed by atoms with Crippen molar-refractivity contribution in [3.8, 4) is 0 Å². The summed E-state index contributed by atoms with van der Waals surface area (Å²) in [5, 5.41) is 0. The molecule has 0 spiro atoms. The van der Waals surface area contributed by atoms with E-state index in [4.69, 9.17) is 9.97 Å². The summed E-state index contributed by atoms with van der Waals surface area (Å²) in [7, 11) is 2.16. The lowest BCUT2D eigenvalue weighted by Crippen LogP contribution is -2.38. The Morgan fingerprint density at radius 1 is 0.889 bits per heavy atom. The molecule has 3 rings (SSSR count). The summed E-state index contributed by atoms with van der Waals surface area (Å²) in [5.41, 5.74) is 4.90. The molecule has 2 aliphatic rings. The Morgan fingerprint density at radius 2 is 1.50 bits per heavy atom. The Kier molecular flexibility index (Phi) is 3.08. The molecule has 0 aliphatic carbocycles. The molecule has 1 aromatic rings. The molecule has 0 fully saturated rings. The van der Waals surface area contributed by atoms with E-state index in [0.29, 0.717) is 6.04 Å². The fraction of sp³-hybridized carbons (Fsp3) is 0.714. The molecule has 1 aromatic heterocycles. The van der Waals surface area contributed by atoms with Gasteiger partial charge in [-0.2, -0.15) is 0 Å². The lowest BCUT2D eigenvalue weighted by Gasteiger charge is -2.32. The van der Waals surface area contributed by atoms with Crippen molar-refractivity contribution in [2.24, 2.45) is 0 Å². The summed E-state index contributed by atoms with van der Waals surface area (Å²) >= 11 is 0. The van der Waals surface area contributed by atoms with Crippen molar-refractivity contribution < 1.29 is 0 Å². The van der Waals surface area contributed by atoms with E-state index in [1.165, 1.54) is 22.8 Å². The van der Waals surface area contributed by atoms with Gasteiger partial charge in [-0.3, -0.25) is 14.9 Å². The third-order valence-corrected chi connectivity index (χ3v) is 4.08. The summed E-state index contributed by atoms with van der Waals surface area (Å²) in [5.74, 6) is 0. The van der Waals surface area contributed by atoms with Gasteiger partial charge in [0.15, 0.2) is 0 Å². The molecule has 0 amide bonds. The van der Waals surface area contributed by atoms with Gasteiger partial charge in [-0.25, -0.2) is 0 Å². The van der Waals surface area contributed by atoms with Gasteiger partial charge in [0.05, 0.1) is 22.8 Å². The average molecular weight is 246 g/mol. The predicted molar refractivity (Wildman–Crippen MR) is 71.3 cm³/mol. The fourth-order valence-electron chi connectivity index (χ4n) is 2.83. The predicted octanol–water partition coefficient (Wildman–Crippen LogP) is 1.23. The monoisotopic (exact) mass is 246 g/mol. The molecule has 0 radical (unpaired) electrons. The second-order valence-corrected chi connectivity index (χ2v) is 5.81. The van der Waals surface area contributed by atoms with Gasteiger partial charge in [0.2, 0.25) is 0 Å². The van der Waals surface area contributed by atoms with E-state index in [0.717, 1.165) is 39.0 Å². The Balaban J connectivity index is 1.91. The molecule has 0 N–H and O–H groups in total. The number of likely N-dealkylation sites (N-methyl/N-ethyl adjacent to an activating group) is 1. The molecule has 0 saturated heterocycles. The van der Waals surface area contributed by atoms with Crippen molar-refractivity contribution in [3.05, 3.63) is 22.8 Å². The highest BCUT2D eigenvalue weighted by Crippen LogP contribution is 2.21. The minimum atomic E-state index is 0.596. The van der Waals surface area contributed by atoms with E-state index in [9.17, 15) is 0 Å². The van der Waals surface area contributed by atoms with Crippen LogP contribution in [0.15, 0.2) is 0 Å². The molecule has 4 nitrogen and oxygen atoms in total. The molecule has 18 heavy (non-hydrogen) atoms. The quantitative estimate of drug-likeness (QED) is 0.746. The minimum Gasteiger partial charge on any atom is -0.300 e. The topological polar surface area (TPSA) is 32.3 Å². The molecular weight excluding hydrogens is 224 g/mol. The zero-order chi connectivity index (χ0) is 12.7. The zero-order valence-electron chi connectivity index (χ0n) is 11.6. The number of nitrogens with zero attached hydrogens (tertiary/aromatic N) is 4. The SMILES string of the molecule is CC(C)N1CCc2nc3c(nc2C1)CN(C)CC3. The minimum absolute atomic E-state index is 0.596. The lowest BCUT2D eigenvalue weighted by molar-refractivity contribution is 0.196. The van der Waals surface area contributed by atoms with E-state index in [1.807, 2.05) is 0 Å². The molecule has 3 heterocycles. The molecule has 0 aromatic carbocycles. The van der Waals surface area contributed by atoms with Gasteiger partial charge in [-0.05, 0) is 20.9 Å². The molecule has 4 heteroatoms. The highest BCUT2D eigenvalue weighted by Gasteiger charge is 2.24. The number of hydrogen-bond donors (Lipinski definition) is 0. The zero-order valence-corrected chi connectivity index (χ0v) is 11.6. The fourth-order valence-corrected chi connectivity index (χ4v) is 2.83. The van der Waals surface area contributed by atoms with E-state index in [-0.39, 0.29) is 0 Å². The van der Waals surface area contributed by atoms with Crippen LogP contribution in [0, 0.1) is 0 Å². The van der Waals surface area contributed by atoms with Crippen molar-refractivity contribution in [1.82, 2.24) is 19.8 Å². The van der Waals surface area contributed by atoms with Crippen LogP contribution in [-0.2, 0) is 25.9 Å². The lowest BCUT2D eigenvalue weighted by atomic mass is 10.1. The second kappa shape index (κ2) is 4.59. The van der Waals surface area contributed by atoms with Crippen LogP contribution in [-0.4, -0.2) is 45.9 Å². The van der Waals surface area contributed by atoms with Crippen LogP contribution >= 0.6 is 0 Å². The van der Waals surface area contributed by atoms with Crippen LogP contribution in [0.3, 0.4) is 0 Å². The van der Waals surface area contributed by atoms with E-state index < -0.39 is 0 Å². The van der Waals surface area contributed by atoms with Gasteiger partial charge >= 0.3 is 0 Å². The molecule has 0 saturated carbocycles. The number of hydrogen-bond acceptors (Lipinski definition) is 4. The number of fused-ring (bicyclic) bond motifs is 2. The maximum absolute atomic E-state index is 4.89. The normalized spacial score (nSPS) is 20.9. The van der Waals surface area contributed by atoms with Crippen LogP contribution in [0.4, 0.5) is 0 Å². The third kappa shape index (κ3) is 2.15. The molecular formula is C14H22N4. The maximum atomic E-state index is 4.89. The first-order valence-corrected chi connectivity index (χ1v) is 6.93. The Bertz CT molecular complexity index is 455. The van der Waals surface area contributed by atoms with Gasteiger partial charge in [-0.1, -0.05) is 0 Å². The van der Waals surface area contributed by atoms with Crippen molar-refractivity contribution in [2.75, 3.05) is 20.1 Å². The summed E-state index contributed by atoms with van der Waals surface area (Å²) in [6, 6.07) is 0.596. The van der Waals surface area contributed by atoms with Gasteiger partial charge in [-0.15, -0.1) is 0 Å². The molecule has 0 bridgehead atoms. The van der Waals surface area contributed by atoms with Gasteiger partial charge in [0.25, 0.3) is 0 Å². The summed E-state index contributed by atoms with van der Waals surface area (Å²) in [6.07, 6.45) is 2.11. The number of aromatic nitrogens is 2. The van der Waals surface area contributed by atoms with E-state index in [1.54, 1.807) is 0 Å². The van der Waals surface area contributed by atoms with Gasteiger partial charge in [0, 0.05) is 45.1 Å². The molecule has 0 atom stereocenters. The summed E-state index contributed by atoms with van der Waals surface area (Å²) < 4.78 is 0. The van der Waals surface area contributed by atoms with Crippen LogP contribution in [0.5, 0.6) is 0 Å². The standard InChI is InChI=1S/C14H22N4/c1-10(2)18-7-5-12-14(9-18)16-13-8-17(3)6-4-11(13)15-12/h10H,4-9H2,1-3H3. The van der Waals surface area contributed by atoms with Crippen molar-refractivity contribution in [1.29, 1.82) is 0 Å². The maximum Gasteiger partial charge on any atom is 0.0763 e. The van der Waals surface area contributed by atoms with Crippen molar-refractivity contribution in [3.63, 3.8) is 0 Å². The van der Waals surface area contributed by atoms with Crippen molar-refractivity contribution in [2.45, 2.75) is 45.8 Å². The first-order valence-electron chi connectivity index (χ1n) is 6.93. The highest BCUT2D eigenvalue weighted by molar-refractivity contribution is 5.24. The largest absolute Gasteiger partial charge is 0.300 e. The van der Waals surface area contributed by atoms with Gasteiger partial charge < -0.3 is 4.90 Å². The summed E-state index contributed by atoms with van der Waals surface area (Å²) in [4.78, 5) is 14.6. The van der Waals surface area contributed by atoms with Crippen LogP contribution in [0.2, 0.25) is 0 Å². The Labute approximate surface area is 109 Å². The molecule has 98 valence electrons. The first-order chi connectivity index (χ1) is 8.63. The first kappa shape index (κ1) is 12.1. The van der Waals surface area contributed by atoms with Crippen LogP contribution < -0.4 is 0 Å². The van der Waals surface area contributed by atoms with Crippen molar-refractivity contribution >= 4 is 0 Å². The van der Waals surface area contributed by atoms with Crippen LogP contribution in [0.25, 0.3) is 0 Å². The molecule has 2 aliphatic heterocycles. The highest BCUT2D eigenvalue weighted by atomic mass is 15.2. The Hall–Kier alpha value is -1.00. The van der Waals surface area contributed by atoms with E-state index >= 15 is 0 Å². The molecule has 0 unspecified atom stereocenters. The Morgan fingerprint density at radius 3 is 2.22 bits per heavy atom. The van der Waals surface area contributed by atoms with Crippen LogP contribution in [0.1, 0.15) is 36.6 Å².